The topological polar surface area (TPSA) is 105 Å². The van der Waals surface area contributed by atoms with Gasteiger partial charge in [0.05, 0.1) is 27.0 Å². The third-order valence-electron chi connectivity index (χ3n) is 6.28. The molecule has 3 aromatic carbocycles. The first-order valence-electron chi connectivity index (χ1n) is 12.4. The third-order valence-corrected chi connectivity index (χ3v) is 7.54. The fourth-order valence-corrected chi connectivity index (χ4v) is 4.42. The number of hydrogen-bond donors (Lipinski definition) is 1. The highest BCUT2D eigenvalue weighted by Gasteiger charge is 2.32. The van der Waals surface area contributed by atoms with Gasteiger partial charge in [-0.05, 0) is 35.2 Å². The Morgan fingerprint density at radius 1 is 0.872 bits per heavy atom. The van der Waals surface area contributed by atoms with Crippen LogP contribution in [0, 0.1) is 0 Å². The largest absolute Gasteiger partial charge is 0.493 e. The van der Waals surface area contributed by atoms with Crippen LogP contribution in [0.1, 0.15) is 22.7 Å². The van der Waals surface area contributed by atoms with Crippen LogP contribution in [-0.4, -0.2) is 70.0 Å². The summed E-state index contributed by atoms with van der Waals surface area (Å²) in [7, 11) is 0.868. The van der Waals surface area contributed by atoms with Gasteiger partial charge in [-0.3, -0.25) is 9.59 Å². The number of hydrogen-bond acceptors (Lipinski definition) is 6. The molecule has 0 heterocycles. The molecule has 0 aromatic heterocycles. The highest BCUT2D eigenvalue weighted by Crippen LogP contribution is 2.28. The molecule has 10 heteroatoms. The molecule has 1 atom stereocenters. The monoisotopic (exact) mass is 553 g/mol. The van der Waals surface area contributed by atoms with Gasteiger partial charge in [-0.1, -0.05) is 66.7 Å². The predicted molar refractivity (Wildman–Crippen MR) is 150 cm³/mol. The van der Waals surface area contributed by atoms with E-state index in [1.807, 2.05) is 48.5 Å². The Kier molecular flexibility index (Phi) is 10.5. The van der Waals surface area contributed by atoms with E-state index in [0.29, 0.717) is 30.0 Å². The van der Waals surface area contributed by atoms with Crippen LogP contribution in [0.3, 0.4) is 0 Å². The number of carbonyl (C=O) groups excluding carboxylic acids is 2. The maximum Gasteiger partial charge on any atom is 0.247 e. The Bertz CT molecular complexity index is 1350. The van der Waals surface area contributed by atoms with Crippen molar-refractivity contribution in [3.8, 4) is 11.5 Å². The molecule has 0 aliphatic carbocycles. The number of carbonyl (C=O) groups is 2. The van der Waals surface area contributed by atoms with Gasteiger partial charge in [-0.2, -0.15) is 4.31 Å². The van der Waals surface area contributed by atoms with Crippen LogP contribution in [0.15, 0.2) is 78.9 Å². The van der Waals surface area contributed by atoms with Crippen LogP contribution >= 0.6 is 0 Å². The van der Waals surface area contributed by atoms with Crippen LogP contribution in [0.4, 0.5) is 0 Å². The zero-order chi connectivity index (χ0) is 28.4. The van der Waals surface area contributed by atoms with Gasteiger partial charge in [0.1, 0.15) is 6.04 Å². The van der Waals surface area contributed by atoms with Crippen LogP contribution in [0.2, 0.25) is 0 Å². The van der Waals surface area contributed by atoms with E-state index in [0.717, 1.165) is 21.7 Å². The van der Waals surface area contributed by atoms with Crippen molar-refractivity contribution in [1.82, 2.24) is 14.5 Å². The van der Waals surface area contributed by atoms with Crippen LogP contribution in [-0.2, 0) is 32.6 Å². The molecule has 39 heavy (non-hydrogen) atoms. The summed E-state index contributed by atoms with van der Waals surface area (Å²) in [6.07, 6.45) is 1.56. The molecule has 0 aliphatic heterocycles. The average molecular weight is 554 g/mol. The predicted octanol–water partition coefficient (Wildman–Crippen LogP) is 3.02. The van der Waals surface area contributed by atoms with E-state index in [2.05, 4.69) is 5.32 Å². The van der Waals surface area contributed by atoms with Crippen molar-refractivity contribution in [2.24, 2.45) is 0 Å². The van der Waals surface area contributed by atoms with Crippen molar-refractivity contribution in [2.45, 2.75) is 19.0 Å². The van der Waals surface area contributed by atoms with Gasteiger partial charge in [0, 0.05) is 20.1 Å². The molecule has 1 N–H and O–H groups in total. The summed E-state index contributed by atoms with van der Waals surface area (Å²) in [5.74, 6) is 0.352. The average Bonchev–Trinajstić information content (AvgIpc) is 2.93. The molecule has 0 radical (unpaired) electrons. The van der Waals surface area contributed by atoms with Crippen molar-refractivity contribution in [1.29, 1.82) is 0 Å². The van der Waals surface area contributed by atoms with Gasteiger partial charge in [0.25, 0.3) is 0 Å². The number of likely N-dealkylation sites (N-methyl/N-ethyl adjacent to an activating group) is 1. The molecule has 2 amide bonds. The number of ether oxygens (including phenoxy) is 2. The minimum absolute atomic E-state index is 0.125. The molecule has 3 rings (SSSR count). The number of rotatable bonds is 13. The SMILES string of the molecule is COc1ccc(CCNC(=O)[C@H](c2ccccc2)N(Cc2ccccc2)C(=O)CN(C)S(C)(=O)=O)cc1OC. The summed E-state index contributed by atoms with van der Waals surface area (Å²) in [6, 6.07) is 22.9. The van der Waals surface area contributed by atoms with E-state index in [1.165, 1.54) is 11.9 Å². The first-order chi connectivity index (χ1) is 18.6. The Labute approximate surface area is 230 Å². The van der Waals surface area contributed by atoms with Crippen molar-refractivity contribution < 1.29 is 27.5 Å². The molecular formula is C29H35N3O6S. The van der Waals surface area contributed by atoms with E-state index in [-0.39, 0.29) is 12.5 Å². The fraction of sp³-hybridized carbons (Fsp3) is 0.310. The van der Waals surface area contributed by atoms with Gasteiger partial charge < -0.3 is 19.7 Å². The first kappa shape index (κ1) is 29.7. The molecule has 0 saturated carbocycles. The molecule has 0 aliphatic rings. The Balaban J connectivity index is 1.88. The van der Waals surface area contributed by atoms with Gasteiger partial charge in [0.2, 0.25) is 21.8 Å². The maximum atomic E-state index is 13.7. The van der Waals surface area contributed by atoms with Crippen LogP contribution in [0.25, 0.3) is 0 Å². The second kappa shape index (κ2) is 13.8. The summed E-state index contributed by atoms with van der Waals surface area (Å²) >= 11 is 0. The highest BCUT2D eigenvalue weighted by molar-refractivity contribution is 7.88. The number of nitrogens with one attached hydrogen (secondary N) is 1. The lowest BCUT2D eigenvalue weighted by Crippen LogP contribution is -2.47. The lowest BCUT2D eigenvalue weighted by Gasteiger charge is -2.32. The summed E-state index contributed by atoms with van der Waals surface area (Å²) in [4.78, 5) is 28.7. The molecular weight excluding hydrogens is 518 g/mol. The second-order valence-corrected chi connectivity index (χ2v) is 11.2. The standard InChI is InChI=1S/C29H35N3O6S/c1-31(39(4,35)36)21-27(33)32(20-23-11-7-5-8-12-23)28(24-13-9-6-10-14-24)29(34)30-18-17-22-15-16-25(37-2)26(19-22)38-3/h5-16,19,28H,17-18,20-21H2,1-4H3,(H,30,34)/t28-/m0/s1. The van der Waals surface area contributed by atoms with Crippen molar-refractivity contribution in [3.63, 3.8) is 0 Å². The Hall–Kier alpha value is -3.89. The summed E-state index contributed by atoms with van der Waals surface area (Å²) in [5.41, 5.74) is 2.37. The molecule has 0 bridgehead atoms. The fourth-order valence-electron chi connectivity index (χ4n) is 4.07. The Morgan fingerprint density at radius 2 is 1.49 bits per heavy atom. The molecule has 208 valence electrons. The smallest absolute Gasteiger partial charge is 0.247 e. The van der Waals surface area contributed by atoms with Crippen LogP contribution in [0.5, 0.6) is 11.5 Å². The molecule has 0 saturated heterocycles. The quantitative estimate of drug-likeness (QED) is 0.349. The normalized spacial score (nSPS) is 12.0. The molecule has 0 unspecified atom stereocenters. The number of benzene rings is 3. The van der Waals surface area contributed by atoms with Gasteiger partial charge >= 0.3 is 0 Å². The first-order valence-corrected chi connectivity index (χ1v) is 14.3. The zero-order valence-electron chi connectivity index (χ0n) is 22.7. The number of nitrogens with zero attached hydrogens (tertiary/aromatic N) is 2. The summed E-state index contributed by atoms with van der Waals surface area (Å²) in [5, 5.41) is 2.96. The third kappa shape index (κ3) is 8.30. The Morgan fingerprint density at radius 3 is 2.08 bits per heavy atom. The maximum absolute atomic E-state index is 13.7. The van der Waals surface area contributed by atoms with Gasteiger partial charge in [-0.15, -0.1) is 0 Å². The minimum Gasteiger partial charge on any atom is -0.493 e. The number of methoxy groups -OCH3 is 2. The summed E-state index contributed by atoms with van der Waals surface area (Å²) in [6.45, 7) is 0.0438. The van der Waals surface area contributed by atoms with E-state index >= 15 is 0 Å². The molecule has 0 fully saturated rings. The highest BCUT2D eigenvalue weighted by atomic mass is 32.2. The van der Waals surface area contributed by atoms with Crippen molar-refractivity contribution in [3.05, 3.63) is 95.6 Å². The number of sulfonamides is 1. The van der Waals surface area contributed by atoms with Crippen LogP contribution < -0.4 is 14.8 Å². The van der Waals surface area contributed by atoms with Crippen molar-refractivity contribution in [2.75, 3.05) is 40.6 Å². The van der Waals surface area contributed by atoms with E-state index in [9.17, 15) is 18.0 Å². The van der Waals surface area contributed by atoms with Gasteiger partial charge in [-0.25, -0.2) is 8.42 Å². The minimum atomic E-state index is -3.60. The number of amides is 2. The molecule has 0 spiro atoms. The zero-order valence-corrected chi connectivity index (χ0v) is 23.5. The van der Waals surface area contributed by atoms with E-state index in [4.69, 9.17) is 9.47 Å². The summed E-state index contributed by atoms with van der Waals surface area (Å²) < 4.78 is 35.7. The van der Waals surface area contributed by atoms with E-state index in [1.54, 1.807) is 44.6 Å². The van der Waals surface area contributed by atoms with Crippen molar-refractivity contribution >= 4 is 21.8 Å². The van der Waals surface area contributed by atoms with Gasteiger partial charge in [0.15, 0.2) is 11.5 Å². The second-order valence-electron chi connectivity index (χ2n) is 9.07. The molecule has 3 aromatic rings. The van der Waals surface area contributed by atoms with E-state index < -0.39 is 28.5 Å². The lowest BCUT2D eigenvalue weighted by molar-refractivity contribution is -0.141. The lowest BCUT2D eigenvalue weighted by atomic mass is 10.0. The molecule has 9 nitrogen and oxygen atoms in total.